The first-order valence-electron chi connectivity index (χ1n) is 9.70. The minimum absolute atomic E-state index is 0.173. The van der Waals surface area contributed by atoms with E-state index in [1.165, 1.54) is 22.7 Å². The molecule has 2 atom stereocenters. The highest BCUT2D eigenvalue weighted by atomic mass is 16.1. The fourth-order valence-electron chi connectivity index (χ4n) is 4.20. The molecule has 0 radical (unpaired) electrons. The number of aromatic nitrogens is 2. The van der Waals surface area contributed by atoms with Gasteiger partial charge in [0.05, 0.1) is 11.1 Å². The van der Waals surface area contributed by atoms with Crippen molar-refractivity contribution in [3.63, 3.8) is 0 Å². The Balaban J connectivity index is 1.49. The molecule has 1 amide bonds. The van der Waals surface area contributed by atoms with E-state index in [9.17, 15) is 4.79 Å². The van der Waals surface area contributed by atoms with Crippen LogP contribution in [0.3, 0.4) is 0 Å². The topological polar surface area (TPSA) is 92.9 Å². The van der Waals surface area contributed by atoms with Gasteiger partial charge in [0, 0.05) is 30.4 Å². The molecule has 3 aromatic carbocycles. The van der Waals surface area contributed by atoms with E-state index < -0.39 is 5.91 Å². The maximum Gasteiger partial charge on any atom is 0.250 e. The van der Waals surface area contributed by atoms with Crippen molar-refractivity contribution in [3.05, 3.63) is 78.1 Å². The Morgan fingerprint density at radius 3 is 2.72 bits per heavy atom. The lowest BCUT2D eigenvalue weighted by Crippen LogP contribution is -2.27. The average molecular weight is 383 g/mol. The van der Waals surface area contributed by atoms with Gasteiger partial charge in [-0.3, -0.25) is 4.79 Å². The normalized spacial score (nSPS) is 18.9. The summed E-state index contributed by atoms with van der Waals surface area (Å²) < 4.78 is 0. The monoisotopic (exact) mass is 383 g/mol. The Kier molecular flexibility index (Phi) is 4.33. The highest BCUT2D eigenvalue weighted by Gasteiger charge is 2.29. The summed E-state index contributed by atoms with van der Waals surface area (Å²) in [6.07, 6.45) is 1.48. The molecule has 6 heteroatoms. The van der Waals surface area contributed by atoms with Crippen LogP contribution >= 0.6 is 0 Å². The molecular weight excluding hydrogens is 362 g/mol. The zero-order chi connectivity index (χ0) is 19.8. The maximum absolute atomic E-state index is 11.7. The molecule has 0 saturated carbocycles. The number of hydrogen-bond acceptors (Lipinski definition) is 5. The fourth-order valence-corrected chi connectivity index (χ4v) is 4.20. The van der Waals surface area contributed by atoms with Gasteiger partial charge in [0.25, 0.3) is 5.91 Å². The zero-order valence-corrected chi connectivity index (χ0v) is 15.8. The van der Waals surface area contributed by atoms with Crippen molar-refractivity contribution in [1.82, 2.24) is 15.3 Å². The standard InChI is InChI=1S/C23H21N5O/c24-22(29)17-6-3-7-18-21(17)26-13-27-23(18)28-20-12-25-11-19(20)16-9-8-14-4-1-2-5-15(14)10-16/h1-10,13,19-20,25H,11-12H2,(H2,24,29)(H,26,27,28)/t19-,20+/m1/s1. The first-order valence-corrected chi connectivity index (χ1v) is 9.70. The van der Waals surface area contributed by atoms with Crippen molar-refractivity contribution >= 4 is 33.4 Å². The van der Waals surface area contributed by atoms with E-state index in [1.54, 1.807) is 6.07 Å². The first kappa shape index (κ1) is 17.6. The van der Waals surface area contributed by atoms with Gasteiger partial charge in [0.1, 0.15) is 12.1 Å². The summed E-state index contributed by atoms with van der Waals surface area (Å²) in [5.41, 5.74) is 7.78. The van der Waals surface area contributed by atoms with Crippen LogP contribution in [0.1, 0.15) is 21.8 Å². The van der Waals surface area contributed by atoms with Gasteiger partial charge in [-0.25, -0.2) is 9.97 Å². The molecule has 4 aromatic rings. The zero-order valence-electron chi connectivity index (χ0n) is 15.8. The summed E-state index contributed by atoms with van der Waals surface area (Å²) in [7, 11) is 0. The smallest absolute Gasteiger partial charge is 0.250 e. The molecule has 0 spiro atoms. The second-order valence-electron chi connectivity index (χ2n) is 7.41. The van der Waals surface area contributed by atoms with Crippen LogP contribution in [0, 0.1) is 0 Å². The minimum atomic E-state index is -0.489. The lowest BCUT2D eigenvalue weighted by Gasteiger charge is -2.22. The Bertz CT molecular complexity index is 1220. The van der Waals surface area contributed by atoms with Crippen molar-refractivity contribution in [3.8, 4) is 0 Å². The number of para-hydroxylation sites is 1. The van der Waals surface area contributed by atoms with Crippen LogP contribution in [-0.2, 0) is 0 Å². The summed E-state index contributed by atoms with van der Waals surface area (Å²) >= 11 is 0. The van der Waals surface area contributed by atoms with Crippen molar-refractivity contribution < 1.29 is 4.79 Å². The number of nitrogens with one attached hydrogen (secondary N) is 2. The van der Waals surface area contributed by atoms with Crippen LogP contribution in [0.4, 0.5) is 5.82 Å². The lowest BCUT2D eigenvalue weighted by atomic mass is 9.92. The third kappa shape index (κ3) is 3.17. The summed E-state index contributed by atoms with van der Waals surface area (Å²) in [5.74, 6) is 0.540. The molecule has 1 aliphatic rings. The molecule has 1 aliphatic heterocycles. The van der Waals surface area contributed by atoms with E-state index in [2.05, 4.69) is 63.1 Å². The first-order chi connectivity index (χ1) is 14.2. The Morgan fingerprint density at radius 1 is 1.00 bits per heavy atom. The summed E-state index contributed by atoms with van der Waals surface area (Å²) in [6, 6.07) is 20.6. The quantitative estimate of drug-likeness (QED) is 0.504. The van der Waals surface area contributed by atoms with Gasteiger partial charge in [-0.1, -0.05) is 48.5 Å². The van der Waals surface area contributed by atoms with E-state index in [1.807, 2.05) is 12.1 Å². The Morgan fingerprint density at radius 2 is 1.86 bits per heavy atom. The Labute approximate surface area is 168 Å². The van der Waals surface area contributed by atoms with Gasteiger partial charge < -0.3 is 16.4 Å². The van der Waals surface area contributed by atoms with Gasteiger partial charge in [-0.15, -0.1) is 0 Å². The van der Waals surface area contributed by atoms with Crippen molar-refractivity contribution in [2.45, 2.75) is 12.0 Å². The number of rotatable bonds is 4. The van der Waals surface area contributed by atoms with Crippen LogP contribution in [0.2, 0.25) is 0 Å². The van der Waals surface area contributed by atoms with Gasteiger partial charge in [0.2, 0.25) is 0 Å². The fraction of sp³-hybridized carbons (Fsp3) is 0.174. The molecule has 4 N–H and O–H groups in total. The number of benzene rings is 3. The molecule has 0 bridgehead atoms. The van der Waals surface area contributed by atoms with Crippen LogP contribution in [0.5, 0.6) is 0 Å². The van der Waals surface area contributed by atoms with E-state index in [0.29, 0.717) is 17.0 Å². The number of nitrogens with two attached hydrogens (primary N) is 1. The van der Waals surface area contributed by atoms with Gasteiger partial charge in [0.15, 0.2) is 0 Å². The molecule has 144 valence electrons. The number of nitrogens with zero attached hydrogens (tertiary/aromatic N) is 2. The predicted molar refractivity (Wildman–Crippen MR) is 115 cm³/mol. The SMILES string of the molecule is NC(=O)c1cccc2c(N[C@H]3CNC[C@@H]3c3ccc4ccccc4c3)ncnc12. The molecular formula is C23H21N5O. The van der Waals surface area contributed by atoms with E-state index in [0.717, 1.165) is 24.3 Å². The molecule has 0 unspecified atom stereocenters. The molecule has 2 heterocycles. The van der Waals surface area contributed by atoms with E-state index >= 15 is 0 Å². The van der Waals surface area contributed by atoms with E-state index in [4.69, 9.17) is 5.73 Å². The number of fused-ring (bicyclic) bond motifs is 2. The number of carbonyl (C=O) groups is 1. The van der Waals surface area contributed by atoms with Gasteiger partial charge in [-0.2, -0.15) is 0 Å². The third-order valence-electron chi connectivity index (χ3n) is 5.67. The highest BCUT2D eigenvalue weighted by molar-refractivity contribution is 6.06. The molecule has 29 heavy (non-hydrogen) atoms. The van der Waals surface area contributed by atoms with E-state index in [-0.39, 0.29) is 6.04 Å². The summed E-state index contributed by atoms with van der Waals surface area (Å²) in [4.78, 5) is 20.5. The maximum atomic E-state index is 11.7. The molecule has 0 aliphatic carbocycles. The Hall–Kier alpha value is -3.51. The average Bonchev–Trinajstić information content (AvgIpc) is 3.21. The van der Waals surface area contributed by atoms with Crippen molar-refractivity contribution in [2.24, 2.45) is 5.73 Å². The van der Waals surface area contributed by atoms with Crippen LogP contribution in [-0.4, -0.2) is 35.0 Å². The minimum Gasteiger partial charge on any atom is -0.366 e. The summed E-state index contributed by atoms with van der Waals surface area (Å²) in [5, 5.41) is 10.4. The van der Waals surface area contributed by atoms with Gasteiger partial charge >= 0.3 is 0 Å². The summed E-state index contributed by atoms with van der Waals surface area (Å²) in [6.45, 7) is 1.73. The third-order valence-corrected chi connectivity index (χ3v) is 5.67. The molecule has 1 fully saturated rings. The van der Waals surface area contributed by atoms with Crippen molar-refractivity contribution in [1.29, 1.82) is 0 Å². The highest BCUT2D eigenvalue weighted by Crippen LogP contribution is 2.30. The number of hydrogen-bond donors (Lipinski definition) is 3. The predicted octanol–water partition coefficient (Wildman–Crippen LogP) is 3.05. The molecule has 1 aromatic heterocycles. The number of carbonyl (C=O) groups excluding carboxylic acids is 1. The van der Waals surface area contributed by atoms with Crippen LogP contribution in [0.15, 0.2) is 67.0 Å². The lowest BCUT2D eigenvalue weighted by molar-refractivity contribution is 0.100. The molecule has 5 rings (SSSR count). The second kappa shape index (κ2) is 7.14. The largest absolute Gasteiger partial charge is 0.366 e. The van der Waals surface area contributed by atoms with Crippen LogP contribution < -0.4 is 16.4 Å². The number of anilines is 1. The van der Waals surface area contributed by atoms with Crippen molar-refractivity contribution in [2.75, 3.05) is 18.4 Å². The number of primary amides is 1. The molecule has 1 saturated heterocycles. The number of amides is 1. The second-order valence-corrected chi connectivity index (χ2v) is 7.41. The van der Waals surface area contributed by atoms with Crippen LogP contribution in [0.25, 0.3) is 21.7 Å². The van der Waals surface area contributed by atoms with Gasteiger partial charge in [-0.05, 0) is 28.5 Å². The molecule has 6 nitrogen and oxygen atoms in total.